The second kappa shape index (κ2) is 4.02. The molecule has 0 aliphatic rings. The van der Waals surface area contributed by atoms with Crippen molar-refractivity contribution >= 4 is 32.8 Å². The molecule has 0 saturated carbocycles. The molecular formula is C11H7BrFN5. The van der Waals surface area contributed by atoms with E-state index in [-0.39, 0.29) is 11.8 Å². The van der Waals surface area contributed by atoms with E-state index < -0.39 is 5.82 Å². The van der Waals surface area contributed by atoms with Gasteiger partial charge in [0.05, 0.1) is 11.7 Å². The van der Waals surface area contributed by atoms with Crippen LogP contribution in [0.4, 0.5) is 10.3 Å². The molecule has 7 heteroatoms. The van der Waals surface area contributed by atoms with E-state index in [2.05, 4.69) is 30.9 Å². The third-order valence-corrected chi connectivity index (χ3v) is 2.95. The number of pyridine rings is 1. The Morgan fingerprint density at radius 2 is 2.11 bits per heavy atom. The van der Waals surface area contributed by atoms with Crippen molar-refractivity contribution in [2.24, 2.45) is 0 Å². The molecule has 90 valence electrons. The first-order chi connectivity index (χ1) is 8.65. The molecule has 3 heterocycles. The van der Waals surface area contributed by atoms with Gasteiger partial charge in [-0.2, -0.15) is 4.98 Å². The van der Waals surface area contributed by atoms with Gasteiger partial charge in [0.1, 0.15) is 4.60 Å². The molecule has 0 radical (unpaired) electrons. The maximum absolute atomic E-state index is 13.7. The lowest BCUT2D eigenvalue weighted by Gasteiger charge is -2.06. The molecule has 0 spiro atoms. The number of halogens is 2. The monoisotopic (exact) mass is 307 g/mol. The topological polar surface area (TPSA) is 69.6 Å². The van der Waals surface area contributed by atoms with Crippen LogP contribution < -0.4 is 5.73 Å². The van der Waals surface area contributed by atoms with Crippen molar-refractivity contribution in [1.82, 2.24) is 19.5 Å². The van der Waals surface area contributed by atoms with E-state index in [0.717, 1.165) is 17.1 Å². The molecule has 3 rings (SSSR count). The minimum Gasteiger partial charge on any atom is -0.368 e. The molecule has 0 unspecified atom stereocenters. The predicted octanol–water partition coefficient (Wildman–Crippen LogP) is 2.30. The van der Waals surface area contributed by atoms with Crippen LogP contribution in [0, 0.1) is 5.82 Å². The van der Waals surface area contributed by atoms with E-state index in [4.69, 9.17) is 5.73 Å². The highest BCUT2D eigenvalue weighted by Crippen LogP contribution is 2.22. The molecule has 3 aromatic heterocycles. The molecule has 0 atom stereocenters. The molecule has 0 aliphatic carbocycles. The SMILES string of the molecule is Nc1ncc(F)c(-n2ccc3cnc(Br)cc32)n1. The van der Waals surface area contributed by atoms with Crippen molar-refractivity contribution < 1.29 is 4.39 Å². The summed E-state index contributed by atoms with van der Waals surface area (Å²) in [6.45, 7) is 0. The first-order valence-corrected chi connectivity index (χ1v) is 5.85. The van der Waals surface area contributed by atoms with Crippen LogP contribution in [0.1, 0.15) is 0 Å². The summed E-state index contributed by atoms with van der Waals surface area (Å²) in [5.41, 5.74) is 6.27. The third kappa shape index (κ3) is 1.72. The number of nitrogens with two attached hydrogens (primary N) is 1. The van der Waals surface area contributed by atoms with Gasteiger partial charge in [-0.25, -0.2) is 14.4 Å². The van der Waals surface area contributed by atoms with Gasteiger partial charge in [-0.3, -0.25) is 4.57 Å². The van der Waals surface area contributed by atoms with Gasteiger partial charge in [0.15, 0.2) is 11.6 Å². The van der Waals surface area contributed by atoms with Crippen LogP contribution in [0.3, 0.4) is 0 Å². The molecule has 2 N–H and O–H groups in total. The van der Waals surface area contributed by atoms with Crippen LogP contribution in [0.5, 0.6) is 0 Å². The number of hydrogen-bond donors (Lipinski definition) is 1. The Balaban J connectivity index is 2.31. The van der Waals surface area contributed by atoms with Crippen LogP contribution in [-0.4, -0.2) is 19.5 Å². The zero-order valence-corrected chi connectivity index (χ0v) is 10.6. The van der Waals surface area contributed by atoms with Gasteiger partial charge >= 0.3 is 0 Å². The Morgan fingerprint density at radius 1 is 1.28 bits per heavy atom. The highest BCUT2D eigenvalue weighted by molar-refractivity contribution is 9.10. The fraction of sp³-hybridized carbons (Fsp3) is 0. The van der Waals surface area contributed by atoms with Crippen molar-refractivity contribution in [3.63, 3.8) is 0 Å². The number of rotatable bonds is 1. The van der Waals surface area contributed by atoms with Gasteiger partial charge in [-0.1, -0.05) is 0 Å². The van der Waals surface area contributed by atoms with Crippen molar-refractivity contribution in [2.45, 2.75) is 0 Å². The zero-order chi connectivity index (χ0) is 12.7. The second-order valence-electron chi connectivity index (χ2n) is 3.65. The summed E-state index contributed by atoms with van der Waals surface area (Å²) in [5, 5.41) is 0.884. The first kappa shape index (κ1) is 11.1. The largest absolute Gasteiger partial charge is 0.368 e. The predicted molar refractivity (Wildman–Crippen MR) is 68.7 cm³/mol. The lowest BCUT2D eigenvalue weighted by molar-refractivity contribution is 0.604. The van der Waals surface area contributed by atoms with Crippen molar-refractivity contribution in [3.8, 4) is 5.82 Å². The summed E-state index contributed by atoms with van der Waals surface area (Å²) >= 11 is 3.28. The van der Waals surface area contributed by atoms with Gasteiger partial charge in [0, 0.05) is 17.8 Å². The summed E-state index contributed by atoms with van der Waals surface area (Å²) < 4.78 is 16.0. The number of hydrogen-bond acceptors (Lipinski definition) is 4. The first-order valence-electron chi connectivity index (χ1n) is 5.06. The molecular weight excluding hydrogens is 301 g/mol. The van der Waals surface area contributed by atoms with E-state index in [1.165, 1.54) is 0 Å². The van der Waals surface area contributed by atoms with Crippen LogP contribution in [0.25, 0.3) is 16.7 Å². The number of anilines is 1. The highest BCUT2D eigenvalue weighted by atomic mass is 79.9. The van der Waals surface area contributed by atoms with Crippen LogP contribution >= 0.6 is 15.9 Å². The third-order valence-electron chi connectivity index (χ3n) is 2.51. The van der Waals surface area contributed by atoms with Crippen LogP contribution in [0.15, 0.2) is 35.3 Å². The minimum atomic E-state index is -0.533. The lowest BCUT2D eigenvalue weighted by Crippen LogP contribution is -2.04. The molecule has 3 aromatic rings. The number of nitrogen functional groups attached to an aromatic ring is 1. The molecule has 0 aliphatic heterocycles. The van der Waals surface area contributed by atoms with Gasteiger partial charge in [0.25, 0.3) is 0 Å². The lowest BCUT2D eigenvalue weighted by atomic mass is 10.3. The Hall–Kier alpha value is -2.02. The number of nitrogens with zero attached hydrogens (tertiary/aromatic N) is 4. The maximum atomic E-state index is 13.7. The second-order valence-corrected chi connectivity index (χ2v) is 4.46. The summed E-state index contributed by atoms with van der Waals surface area (Å²) in [6, 6.07) is 3.61. The molecule has 0 amide bonds. The summed E-state index contributed by atoms with van der Waals surface area (Å²) in [5.74, 6) is -0.383. The number of aromatic nitrogens is 4. The highest BCUT2D eigenvalue weighted by Gasteiger charge is 2.11. The summed E-state index contributed by atoms with van der Waals surface area (Å²) in [4.78, 5) is 11.6. The maximum Gasteiger partial charge on any atom is 0.222 e. The van der Waals surface area contributed by atoms with Crippen molar-refractivity contribution in [3.05, 3.63) is 41.1 Å². The van der Waals surface area contributed by atoms with Crippen molar-refractivity contribution in [1.29, 1.82) is 0 Å². The standard InChI is InChI=1S/C11H7BrFN5/c12-9-3-8-6(4-15-9)1-2-18(8)10-7(13)5-16-11(14)17-10/h1-5H,(H2,14,16,17). The normalized spacial score (nSPS) is 11.0. The fourth-order valence-electron chi connectivity index (χ4n) is 1.73. The number of fused-ring (bicyclic) bond motifs is 1. The van der Waals surface area contributed by atoms with Crippen molar-refractivity contribution in [2.75, 3.05) is 5.73 Å². The molecule has 0 aromatic carbocycles. The fourth-order valence-corrected chi connectivity index (χ4v) is 2.05. The Kier molecular flexibility index (Phi) is 2.48. The Labute approximate surface area is 110 Å². The molecule has 18 heavy (non-hydrogen) atoms. The summed E-state index contributed by atoms with van der Waals surface area (Å²) in [7, 11) is 0. The van der Waals surface area contributed by atoms with E-state index in [1.807, 2.05) is 6.07 Å². The average Bonchev–Trinajstić information content (AvgIpc) is 2.75. The molecule has 0 fully saturated rings. The molecule has 0 bridgehead atoms. The van der Waals surface area contributed by atoms with E-state index >= 15 is 0 Å². The van der Waals surface area contributed by atoms with E-state index in [9.17, 15) is 4.39 Å². The van der Waals surface area contributed by atoms with E-state index in [1.54, 1.807) is 23.0 Å². The van der Waals surface area contributed by atoms with Crippen LogP contribution in [0.2, 0.25) is 0 Å². The average molecular weight is 308 g/mol. The van der Waals surface area contributed by atoms with Gasteiger partial charge in [-0.15, -0.1) is 0 Å². The van der Waals surface area contributed by atoms with Gasteiger partial charge < -0.3 is 5.73 Å². The van der Waals surface area contributed by atoms with Crippen LogP contribution in [-0.2, 0) is 0 Å². The van der Waals surface area contributed by atoms with Gasteiger partial charge in [0.2, 0.25) is 5.95 Å². The quantitative estimate of drug-likeness (QED) is 0.700. The molecule has 5 nitrogen and oxygen atoms in total. The smallest absolute Gasteiger partial charge is 0.222 e. The molecule has 0 saturated heterocycles. The Bertz CT molecular complexity index is 739. The Morgan fingerprint density at radius 3 is 2.94 bits per heavy atom. The minimum absolute atomic E-state index is 0.0290. The zero-order valence-electron chi connectivity index (χ0n) is 9.01. The van der Waals surface area contributed by atoms with Gasteiger partial charge in [-0.05, 0) is 28.1 Å². The van der Waals surface area contributed by atoms with E-state index in [0.29, 0.717) is 4.60 Å². The summed E-state index contributed by atoms with van der Waals surface area (Å²) in [6.07, 6.45) is 4.46.